The van der Waals surface area contributed by atoms with Crippen molar-refractivity contribution >= 4 is 17.8 Å². The summed E-state index contributed by atoms with van der Waals surface area (Å²) in [6, 6.07) is 7.53. The number of halogens is 1. The van der Waals surface area contributed by atoms with E-state index in [1.165, 1.54) is 25.3 Å². The average molecular weight is 414 g/mol. The number of rotatable bonds is 8. The van der Waals surface area contributed by atoms with Gasteiger partial charge in [0.15, 0.2) is 24.0 Å². The Morgan fingerprint density at radius 2 is 2.03 bits per heavy atom. The summed E-state index contributed by atoms with van der Waals surface area (Å²) < 4.78 is 34.9. The third-order valence-corrected chi connectivity index (χ3v) is 4.55. The minimum atomic E-state index is -0.699. The molecule has 1 aliphatic heterocycles. The van der Waals surface area contributed by atoms with E-state index in [1.807, 2.05) is 26.0 Å². The predicted molar refractivity (Wildman–Crippen MR) is 109 cm³/mol. The van der Waals surface area contributed by atoms with Crippen LogP contribution in [0.1, 0.15) is 35.3 Å². The fourth-order valence-corrected chi connectivity index (χ4v) is 3.13. The van der Waals surface area contributed by atoms with Crippen LogP contribution in [0.2, 0.25) is 0 Å². The van der Waals surface area contributed by atoms with Crippen LogP contribution in [0.3, 0.4) is 0 Å². The Morgan fingerprint density at radius 3 is 2.73 bits per heavy atom. The summed E-state index contributed by atoms with van der Waals surface area (Å²) in [5.74, 6) is -0.447. The monoisotopic (exact) mass is 414 g/mol. The second-order valence-electron chi connectivity index (χ2n) is 6.78. The second kappa shape index (κ2) is 9.43. The molecule has 0 saturated carbocycles. The third kappa shape index (κ3) is 4.97. The zero-order valence-corrected chi connectivity index (χ0v) is 17.1. The molecule has 2 aromatic carbocycles. The highest BCUT2D eigenvalue weighted by Gasteiger charge is 2.21. The lowest BCUT2D eigenvalue weighted by molar-refractivity contribution is -0.136. The molecular formula is C23H23FO6. The lowest BCUT2D eigenvalue weighted by Crippen LogP contribution is -2.12. The summed E-state index contributed by atoms with van der Waals surface area (Å²) >= 11 is 0. The Hall–Kier alpha value is -3.35. The van der Waals surface area contributed by atoms with E-state index in [1.54, 1.807) is 6.08 Å². The van der Waals surface area contributed by atoms with Crippen LogP contribution in [0, 0.1) is 5.82 Å². The first-order valence-corrected chi connectivity index (χ1v) is 9.59. The third-order valence-electron chi connectivity index (χ3n) is 4.55. The van der Waals surface area contributed by atoms with Gasteiger partial charge in [-0.05, 0) is 50.3 Å². The van der Waals surface area contributed by atoms with Gasteiger partial charge >= 0.3 is 5.97 Å². The van der Waals surface area contributed by atoms with Gasteiger partial charge in [-0.2, -0.15) is 0 Å². The molecule has 158 valence electrons. The maximum atomic E-state index is 13.7. The van der Waals surface area contributed by atoms with Gasteiger partial charge < -0.3 is 18.9 Å². The van der Waals surface area contributed by atoms with Gasteiger partial charge in [0, 0.05) is 29.2 Å². The van der Waals surface area contributed by atoms with Gasteiger partial charge in [-0.1, -0.05) is 0 Å². The van der Waals surface area contributed by atoms with Gasteiger partial charge in [0.1, 0.15) is 17.6 Å². The van der Waals surface area contributed by atoms with E-state index in [4.69, 9.17) is 18.9 Å². The van der Waals surface area contributed by atoms with Crippen LogP contribution in [0.5, 0.6) is 17.2 Å². The topological polar surface area (TPSA) is 71.1 Å². The maximum absolute atomic E-state index is 13.7. The molecule has 0 unspecified atom stereocenters. The molecule has 1 aliphatic rings. The van der Waals surface area contributed by atoms with Gasteiger partial charge in [-0.15, -0.1) is 0 Å². The van der Waals surface area contributed by atoms with E-state index in [9.17, 15) is 14.0 Å². The standard InChI is InChI=1S/C23H23FO6/c1-4-28-21-12-17-9-14(2)30-22(17)11-16(21)6-8-23(26)29-13-19(25)15-5-7-20(27-3)18(24)10-15/h5-8,10-12,14H,4,9,13H2,1-3H3/b8-6+/t14-/m1/s1. The Bertz CT molecular complexity index is 982. The van der Waals surface area contributed by atoms with Crippen molar-refractivity contribution in [1.82, 2.24) is 0 Å². The van der Waals surface area contributed by atoms with Gasteiger partial charge in [-0.25, -0.2) is 9.18 Å². The number of methoxy groups -OCH3 is 1. The molecule has 0 bridgehead atoms. The number of hydrogen-bond donors (Lipinski definition) is 0. The van der Waals surface area contributed by atoms with Crippen molar-refractivity contribution in [2.75, 3.05) is 20.3 Å². The Kier molecular flexibility index (Phi) is 6.72. The molecule has 3 rings (SSSR count). The van der Waals surface area contributed by atoms with E-state index >= 15 is 0 Å². The highest BCUT2D eigenvalue weighted by molar-refractivity contribution is 5.99. The summed E-state index contributed by atoms with van der Waals surface area (Å²) in [7, 11) is 1.33. The first-order chi connectivity index (χ1) is 14.4. The molecule has 1 heterocycles. The molecule has 0 aromatic heterocycles. The van der Waals surface area contributed by atoms with E-state index < -0.39 is 24.2 Å². The van der Waals surface area contributed by atoms with Gasteiger partial charge in [0.2, 0.25) is 0 Å². The van der Waals surface area contributed by atoms with Crippen molar-refractivity contribution in [2.45, 2.75) is 26.4 Å². The van der Waals surface area contributed by atoms with Gasteiger partial charge in [0.25, 0.3) is 0 Å². The minimum absolute atomic E-state index is 0.0318. The van der Waals surface area contributed by atoms with Gasteiger partial charge in [-0.3, -0.25) is 4.79 Å². The Balaban J connectivity index is 1.64. The number of esters is 1. The van der Waals surface area contributed by atoms with E-state index in [0.717, 1.165) is 23.8 Å². The lowest BCUT2D eigenvalue weighted by atomic mass is 10.1. The zero-order chi connectivity index (χ0) is 21.7. The van der Waals surface area contributed by atoms with E-state index in [-0.39, 0.29) is 17.4 Å². The minimum Gasteiger partial charge on any atom is -0.494 e. The summed E-state index contributed by atoms with van der Waals surface area (Å²) in [6.45, 7) is 3.84. The quantitative estimate of drug-likeness (QED) is 0.370. The van der Waals surface area contributed by atoms with Crippen LogP contribution in [0.15, 0.2) is 36.4 Å². The first-order valence-electron chi connectivity index (χ1n) is 9.59. The number of benzene rings is 2. The summed E-state index contributed by atoms with van der Waals surface area (Å²) in [5, 5.41) is 0. The second-order valence-corrected chi connectivity index (χ2v) is 6.78. The number of Topliss-reactive ketones (excluding diaryl/α,β-unsaturated/α-hetero) is 1. The normalized spacial score (nSPS) is 14.9. The predicted octanol–water partition coefficient (Wildman–Crippen LogP) is 4.00. The molecule has 1 atom stereocenters. The average Bonchev–Trinajstić information content (AvgIpc) is 3.09. The van der Waals surface area contributed by atoms with Crippen LogP contribution in [0.25, 0.3) is 6.08 Å². The molecular weight excluding hydrogens is 391 g/mol. The van der Waals surface area contributed by atoms with E-state index in [0.29, 0.717) is 17.9 Å². The van der Waals surface area contributed by atoms with Crippen molar-refractivity contribution in [3.63, 3.8) is 0 Å². The highest BCUT2D eigenvalue weighted by atomic mass is 19.1. The van der Waals surface area contributed by atoms with Crippen LogP contribution < -0.4 is 14.2 Å². The Morgan fingerprint density at radius 1 is 1.23 bits per heavy atom. The molecule has 0 spiro atoms. The SMILES string of the molecule is CCOc1cc2c(cc1/C=C/C(=O)OCC(=O)c1ccc(OC)c(F)c1)O[C@H](C)C2. The molecule has 6 nitrogen and oxygen atoms in total. The molecule has 7 heteroatoms. The van der Waals surface area contributed by atoms with Gasteiger partial charge in [0.05, 0.1) is 13.7 Å². The van der Waals surface area contributed by atoms with Crippen molar-refractivity contribution in [3.8, 4) is 17.2 Å². The molecule has 0 radical (unpaired) electrons. The molecule has 0 amide bonds. The van der Waals surface area contributed by atoms with Crippen molar-refractivity contribution in [3.05, 3.63) is 58.9 Å². The van der Waals surface area contributed by atoms with E-state index in [2.05, 4.69) is 0 Å². The smallest absolute Gasteiger partial charge is 0.331 e. The molecule has 30 heavy (non-hydrogen) atoms. The van der Waals surface area contributed by atoms with Crippen LogP contribution in [-0.2, 0) is 16.0 Å². The fraction of sp³-hybridized carbons (Fsp3) is 0.304. The van der Waals surface area contributed by atoms with Crippen LogP contribution >= 0.6 is 0 Å². The van der Waals surface area contributed by atoms with Crippen LogP contribution in [0.4, 0.5) is 4.39 Å². The molecule has 0 saturated heterocycles. The largest absolute Gasteiger partial charge is 0.494 e. The number of carbonyl (C=O) groups is 2. The molecule has 0 aliphatic carbocycles. The number of ether oxygens (including phenoxy) is 4. The van der Waals surface area contributed by atoms with Crippen LogP contribution in [-0.4, -0.2) is 38.2 Å². The zero-order valence-electron chi connectivity index (χ0n) is 17.1. The maximum Gasteiger partial charge on any atom is 0.331 e. The molecule has 2 aromatic rings. The first kappa shape index (κ1) is 21.4. The van der Waals surface area contributed by atoms with Crippen molar-refractivity contribution in [1.29, 1.82) is 0 Å². The fourth-order valence-electron chi connectivity index (χ4n) is 3.13. The summed E-state index contributed by atoms with van der Waals surface area (Å²) in [4.78, 5) is 24.2. The number of hydrogen-bond acceptors (Lipinski definition) is 6. The lowest BCUT2D eigenvalue weighted by Gasteiger charge is -2.10. The Labute approximate surface area is 174 Å². The van der Waals surface area contributed by atoms with Crippen molar-refractivity contribution < 1.29 is 32.9 Å². The number of ketones is 1. The molecule has 0 N–H and O–H groups in total. The summed E-state index contributed by atoms with van der Waals surface area (Å²) in [5.41, 5.74) is 1.82. The number of fused-ring (bicyclic) bond motifs is 1. The highest BCUT2D eigenvalue weighted by Crippen LogP contribution is 2.35. The van der Waals surface area contributed by atoms with Crippen molar-refractivity contribution in [2.24, 2.45) is 0 Å². The molecule has 0 fully saturated rings. The summed E-state index contributed by atoms with van der Waals surface area (Å²) in [6.07, 6.45) is 3.66. The number of carbonyl (C=O) groups excluding carboxylic acids is 2.